The standard InChI is InChI=1S/C19H25FN2O4S/c1-13(27-12-17(23)21-16-6-4-15(20)5-7-16)18(24)22-8-2-3-14(11-22)19-25-9-10-26-19/h4-7,13-14,19H,2-3,8-12H2,1H3,(H,21,23). The van der Waals surface area contributed by atoms with E-state index in [0.29, 0.717) is 25.4 Å². The van der Waals surface area contributed by atoms with Crippen molar-refractivity contribution in [3.8, 4) is 0 Å². The SMILES string of the molecule is CC(SCC(=O)Nc1ccc(F)cc1)C(=O)N1CCCC(C2OCCO2)C1. The third-order valence-electron chi connectivity index (χ3n) is 4.74. The zero-order valence-corrected chi connectivity index (χ0v) is 16.2. The lowest BCUT2D eigenvalue weighted by Crippen LogP contribution is -2.46. The molecule has 1 N–H and O–H groups in total. The van der Waals surface area contributed by atoms with Gasteiger partial charge >= 0.3 is 0 Å². The summed E-state index contributed by atoms with van der Waals surface area (Å²) in [5.74, 6) is -0.150. The number of hydrogen-bond acceptors (Lipinski definition) is 5. The molecule has 0 saturated carbocycles. The summed E-state index contributed by atoms with van der Waals surface area (Å²) in [5, 5.41) is 2.39. The quantitative estimate of drug-likeness (QED) is 0.800. The lowest BCUT2D eigenvalue weighted by Gasteiger charge is -2.35. The van der Waals surface area contributed by atoms with Crippen LogP contribution in [0.15, 0.2) is 24.3 Å². The summed E-state index contributed by atoms with van der Waals surface area (Å²) in [7, 11) is 0. The lowest BCUT2D eigenvalue weighted by molar-refractivity contribution is -0.138. The van der Waals surface area contributed by atoms with E-state index in [0.717, 1.165) is 19.4 Å². The van der Waals surface area contributed by atoms with Gasteiger partial charge in [0.25, 0.3) is 0 Å². The summed E-state index contributed by atoms with van der Waals surface area (Å²) >= 11 is 1.30. The Kier molecular flexibility index (Phi) is 7.09. The van der Waals surface area contributed by atoms with E-state index in [-0.39, 0.29) is 40.8 Å². The summed E-state index contributed by atoms with van der Waals surface area (Å²) in [5.41, 5.74) is 0.538. The molecule has 2 aliphatic heterocycles. The number of halogens is 1. The number of anilines is 1. The largest absolute Gasteiger partial charge is 0.350 e. The molecule has 2 unspecified atom stereocenters. The van der Waals surface area contributed by atoms with Crippen LogP contribution in [-0.4, -0.2) is 60.3 Å². The average molecular weight is 396 g/mol. The van der Waals surface area contributed by atoms with Gasteiger partial charge in [0.15, 0.2) is 6.29 Å². The maximum atomic E-state index is 12.9. The number of benzene rings is 1. The van der Waals surface area contributed by atoms with Crippen LogP contribution in [-0.2, 0) is 19.1 Å². The fraction of sp³-hybridized carbons (Fsp3) is 0.579. The van der Waals surface area contributed by atoms with E-state index in [2.05, 4.69) is 5.32 Å². The third kappa shape index (κ3) is 5.67. The van der Waals surface area contributed by atoms with Crippen molar-refractivity contribution in [2.75, 3.05) is 37.4 Å². The number of piperidine rings is 1. The van der Waals surface area contributed by atoms with E-state index in [1.807, 2.05) is 11.8 Å². The summed E-state index contributed by atoms with van der Waals surface area (Å²) < 4.78 is 24.1. The van der Waals surface area contributed by atoms with Crippen LogP contribution in [0.5, 0.6) is 0 Å². The van der Waals surface area contributed by atoms with E-state index >= 15 is 0 Å². The van der Waals surface area contributed by atoms with Crippen LogP contribution in [0, 0.1) is 11.7 Å². The van der Waals surface area contributed by atoms with Crippen LogP contribution in [0.1, 0.15) is 19.8 Å². The molecule has 8 heteroatoms. The van der Waals surface area contributed by atoms with Crippen LogP contribution < -0.4 is 5.32 Å². The zero-order chi connectivity index (χ0) is 19.2. The molecular formula is C19H25FN2O4S. The Morgan fingerprint density at radius 1 is 1.30 bits per heavy atom. The van der Waals surface area contributed by atoms with E-state index in [4.69, 9.17) is 9.47 Å². The summed E-state index contributed by atoms with van der Waals surface area (Å²) in [6.45, 7) is 4.42. The smallest absolute Gasteiger partial charge is 0.235 e. The second-order valence-electron chi connectivity index (χ2n) is 6.80. The maximum absolute atomic E-state index is 12.9. The van der Waals surface area contributed by atoms with Gasteiger partial charge in [-0.15, -0.1) is 11.8 Å². The summed E-state index contributed by atoms with van der Waals surface area (Å²) in [6.07, 6.45) is 1.73. The minimum Gasteiger partial charge on any atom is -0.350 e. The minimum atomic E-state index is -0.352. The van der Waals surface area contributed by atoms with Gasteiger partial charge in [-0.05, 0) is 44.0 Å². The van der Waals surface area contributed by atoms with Crippen LogP contribution in [0.4, 0.5) is 10.1 Å². The predicted molar refractivity (Wildman–Crippen MR) is 102 cm³/mol. The van der Waals surface area contributed by atoms with Gasteiger partial charge in [-0.2, -0.15) is 0 Å². The molecule has 2 aliphatic rings. The number of hydrogen-bond donors (Lipinski definition) is 1. The molecule has 1 aromatic carbocycles. The van der Waals surface area contributed by atoms with Crippen molar-refractivity contribution in [3.05, 3.63) is 30.1 Å². The Bertz CT molecular complexity index is 652. The molecule has 0 radical (unpaired) electrons. The monoisotopic (exact) mass is 396 g/mol. The Morgan fingerprint density at radius 2 is 2.00 bits per heavy atom. The number of carbonyl (C=O) groups is 2. The van der Waals surface area contributed by atoms with Crippen molar-refractivity contribution in [2.45, 2.75) is 31.3 Å². The predicted octanol–water partition coefficient (Wildman–Crippen LogP) is 2.50. The Hall–Kier alpha value is -1.64. The van der Waals surface area contributed by atoms with E-state index in [1.165, 1.54) is 36.0 Å². The maximum Gasteiger partial charge on any atom is 0.235 e. The number of nitrogens with zero attached hydrogens (tertiary/aromatic N) is 1. The number of likely N-dealkylation sites (tertiary alicyclic amines) is 1. The Balaban J connectivity index is 1.44. The molecule has 6 nitrogen and oxygen atoms in total. The van der Waals surface area contributed by atoms with E-state index in [1.54, 1.807) is 0 Å². The first-order valence-electron chi connectivity index (χ1n) is 9.22. The number of ether oxygens (including phenoxy) is 2. The number of amides is 2. The van der Waals surface area contributed by atoms with Crippen molar-refractivity contribution in [2.24, 2.45) is 5.92 Å². The summed E-state index contributed by atoms with van der Waals surface area (Å²) in [6, 6.07) is 5.60. The first-order valence-corrected chi connectivity index (χ1v) is 10.3. The highest BCUT2D eigenvalue weighted by atomic mass is 32.2. The van der Waals surface area contributed by atoms with Gasteiger partial charge in [-0.25, -0.2) is 4.39 Å². The molecule has 2 atom stereocenters. The first-order chi connectivity index (χ1) is 13.0. The fourth-order valence-corrected chi connectivity index (χ4v) is 4.11. The van der Waals surface area contributed by atoms with Crippen molar-refractivity contribution < 1.29 is 23.5 Å². The molecule has 0 bridgehead atoms. The number of carbonyl (C=O) groups excluding carboxylic acids is 2. The van der Waals surface area contributed by atoms with Gasteiger partial charge in [-0.1, -0.05) is 0 Å². The highest BCUT2D eigenvalue weighted by molar-refractivity contribution is 8.01. The second kappa shape index (κ2) is 9.52. The highest BCUT2D eigenvalue weighted by Gasteiger charge is 2.34. The van der Waals surface area contributed by atoms with Crippen LogP contribution in [0.25, 0.3) is 0 Å². The van der Waals surface area contributed by atoms with Crippen LogP contribution in [0.2, 0.25) is 0 Å². The molecule has 27 heavy (non-hydrogen) atoms. The van der Waals surface area contributed by atoms with Crippen LogP contribution in [0.3, 0.4) is 0 Å². The van der Waals surface area contributed by atoms with Gasteiger partial charge in [0.2, 0.25) is 11.8 Å². The van der Waals surface area contributed by atoms with Crippen LogP contribution >= 0.6 is 11.8 Å². The van der Waals surface area contributed by atoms with Gasteiger partial charge in [-0.3, -0.25) is 9.59 Å². The van der Waals surface area contributed by atoms with Crippen molar-refractivity contribution in [1.29, 1.82) is 0 Å². The Labute approximate surface area is 162 Å². The van der Waals surface area contributed by atoms with Gasteiger partial charge in [0.05, 0.1) is 24.2 Å². The molecule has 2 heterocycles. The fourth-order valence-electron chi connectivity index (χ4n) is 3.34. The number of nitrogens with one attached hydrogen (secondary N) is 1. The first kappa shape index (κ1) is 20.1. The molecule has 2 fully saturated rings. The normalized spacial score (nSPS) is 21.9. The number of thioether (sulfide) groups is 1. The molecule has 3 rings (SSSR count). The molecule has 0 spiro atoms. The average Bonchev–Trinajstić information content (AvgIpc) is 3.22. The highest BCUT2D eigenvalue weighted by Crippen LogP contribution is 2.26. The summed E-state index contributed by atoms with van der Waals surface area (Å²) in [4.78, 5) is 26.6. The molecule has 148 valence electrons. The second-order valence-corrected chi connectivity index (χ2v) is 8.13. The topological polar surface area (TPSA) is 67.9 Å². The molecule has 0 aliphatic carbocycles. The third-order valence-corrected chi connectivity index (χ3v) is 5.87. The van der Waals surface area contributed by atoms with Gasteiger partial charge < -0.3 is 19.7 Å². The van der Waals surface area contributed by atoms with Crippen molar-refractivity contribution in [3.63, 3.8) is 0 Å². The molecule has 0 aromatic heterocycles. The van der Waals surface area contributed by atoms with E-state index in [9.17, 15) is 14.0 Å². The minimum absolute atomic E-state index is 0.0391. The number of rotatable bonds is 6. The molecular weight excluding hydrogens is 371 g/mol. The molecule has 2 amide bonds. The van der Waals surface area contributed by atoms with Gasteiger partial charge in [0, 0.05) is 24.7 Å². The van der Waals surface area contributed by atoms with Crippen molar-refractivity contribution >= 4 is 29.3 Å². The van der Waals surface area contributed by atoms with E-state index < -0.39 is 0 Å². The van der Waals surface area contributed by atoms with Crippen molar-refractivity contribution in [1.82, 2.24) is 4.90 Å². The lowest BCUT2D eigenvalue weighted by atomic mass is 9.97. The molecule has 1 aromatic rings. The Morgan fingerprint density at radius 3 is 2.70 bits per heavy atom. The zero-order valence-electron chi connectivity index (χ0n) is 15.4. The van der Waals surface area contributed by atoms with Gasteiger partial charge in [0.1, 0.15) is 5.82 Å². The molecule has 2 saturated heterocycles.